The van der Waals surface area contributed by atoms with Gasteiger partial charge in [0.05, 0.1) is 0 Å². The summed E-state index contributed by atoms with van der Waals surface area (Å²) >= 11 is 5.19. The molecule has 0 atom stereocenters. The first-order valence-electron chi connectivity index (χ1n) is 4.51. The molecule has 1 nitrogen and oxygen atoms in total. The predicted octanol–water partition coefficient (Wildman–Crippen LogP) is 3.41. The molecule has 0 saturated carbocycles. The van der Waals surface area contributed by atoms with Crippen molar-refractivity contribution in [2.45, 2.75) is 26.7 Å². The average molecular weight is 199 g/mol. The van der Waals surface area contributed by atoms with Crippen LogP contribution in [0.25, 0.3) is 0 Å². The minimum absolute atomic E-state index is 0.270. The Bertz CT molecular complexity index is 231. The smallest absolute Gasteiger partial charge is 0.221 e. The second-order valence-corrected chi connectivity index (χ2v) is 2.76. The molecule has 0 amide bonds. The molecule has 0 aromatic heterocycles. The average Bonchev–Trinajstić information content (AvgIpc) is 2.19. The Kier molecular flexibility index (Phi) is 7.32. The van der Waals surface area contributed by atoms with Gasteiger partial charge in [-0.15, -0.1) is 0 Å². The van der Waals surface area contributed by atoms with Crippen molar-refractivity contribution in [3.8, 4) is 0 Å². The van der Waals surface area contributed by atoms with Crippen LogP contribution in [-0.4, -0.2) is 5.24 Å². The van der Waals surface area contributed by atoms with E-state index in [1.807, 2.05) is 44.2 Å². The van der Waals surface area contributed by atoms with E-state index in [-0.39, 0.29) is 5.24 Å². The third kappa shape index (κ3) is 6.35. The largest absolute Gasteiger partial charge is 0.281 e. The second-order valence-electron chi connectivity index (χ2n) is 2.34. The van der Waals surface area contributed by atoms with Gasteiger partial charge in [-0.3, -0.25) is 4.79 Å². The van der Waals surface area contributed by atoms with Gasteiger partial charge in [0.1, 0.15) is 0 Å². The molecular weight excluding hydrogens is 184 g/mol. The van der Waals surface area contributed by atoms with Crippen LogP contribution in [0.4, 0.5) is 0 Å². The van der Waals surface area contributed by atoms with Gasteiger partial charge in [0.2, 0.25) is 5.24 Å². The first-order chi connectivity index (χ1) is 6.29. The van der Waals surface area contributed by atoms with Crippen molar-refractivity contribution >= 4 is 16.8 Å². The fourth-order valence-electron chi connectivity index (χ4n) is 0.887. The van der Waals surface area contributed by atoms with Crippen molar-refractivity contribution in [3.05, 3.63) is 35.9 Å². The summed E-state index contributed by atoms with van der Waals surface area (Å²) in [7, 11) is 0. The summed E-state index contributed by atoms with van der Waals surface area (Å²) < 4.78 is 0. The molecule has 0 fully saturated rings. The number of benzene rings is 1. The molecule has 1 rings (SSSR count). The van der Waals surface area contributed by atoms with E-state index in [1.165, 1.54) is 0 Å². The molecule has 0 saturated heterocycles. The number of rotatable bonds is 3. The van der Waals surface area contributed by atoms with Gasteiger partial charge >= 0.3 is 0 Å². The number of aryl methyl sites for hydroxylation is 1. The summed E-state index contributed by atoms with van der Waals surface area (Å²) in [5.41, 5.74) is 1.15. The molecular formula is C11H15ClO. The van der Waals surface area contributed by atoms with Crippen LogP contribution in [0.2, 0.25) is 0 Å². The van der Waals surface area contributed by atoms with Gasteiger partial charge < -0.3 is 0 Å². The van der Waals surface area contributed by atoms with Crippen molar-refractivity contribution in [3.63, 3.8) is 0 Å². The molecule has 0 heterocycles. The van der Waals surface area contributed by atoms with Gasteiger partial charge in [-0.1, -0.05) is 44.2 Å². The number of halogens is 1. The van der Waals surface area contributed by atoms with Crippen LogP contribution in [0, 0.1) is 0 Å². The molecule has 0 aliphatic carbocycles. The lowest BCUT2D eigenvalue weighted by Crippen LogP contribution is -1.90. The number of hydrogen-bond acceptors (Lipinski definition) is 1. The maximum absolute atomic E-state index is 10.4. The van der Waals surface area contributed by atoms with Gasteiger partial charge in [0, 0.05) is 6.42 Å². The maximum atomic E-state index is 10.4. The maximum Gasteiger partial charge on any atom is 0.221 e. The third-order valence-corrected chi connectivity index (χ3v) is 1.64. The molecule has 72 valence electrons. The molecule has 0 spiro atoms. The molecule has 0 bridgehead atoms. The Morgan fingerprint density at radius 3 is 2.23 bits per heavy atom. The molecule has 13 heavy (non-hydrogen) atoms. The van der Waals surface area contributed by atoms with E-state index in [2.05, 4.69) is 0 Å². The summed E-state index contributed by atoms with van der Waals surface area (Å²) in [6.45, 7) is 4.00. The van der Waals surface area contributed by atoms with E-state index in [9.17, 15) is 4.79 Å². The van der Waals surface area contributed by atoms with E-state index in [0.29, 0.717) is 6.42 Å². The van der Waals surface area contributed by atoms with E-state index in [0.717, 1.165) is 12.0 Å². The molecule has 0 unspecified atom stereocenters. The van der Waals surface area contributed by atoms with Crippen LogP contribution in [-0.2, 0) is 11.2 Å². The van der Waals surface area contributed by atoms with E-state index in [4.69, 9.17) is 11.6 Å². The Balaban J connectivity index is 0.000000671. The third-order valence-electron chi connectivity index (χ3n) is 1.45. The summed E-state index contributed by atoms with van der Waals surface area (Å²) in [6, 6.07) is 9.83. The Morgan fingerprint density at radius 1 is 1.23 bits per heavy atom. The minimum atomic E-state index is -0.270. The Morgan fingerprint density at radius 2 is 1.77 bits per heavy atom. The van der Waals surface area contributed by atoms with E-state index < -0.39 is 0 Å². The molecule has 2 heteroatoms. The van der Waals surface area contributed by atoms with Crippen LogP contribution in [0.3, 0.4) is 0 Å². The van der Waals surface area contributed by atoms with Crippen LogP contribution >= 0.6 is 11.6 Å². The zero-order chi connectivity index (χ0) is 10.1. The van der Waals surface area contributed by atoms with Crippen LogP contribution in [0.5, 0.6) is 0 Å². The van der Waals surface area contributed by atoms with Crippen molar-refractivity contribution in [1.29, 1.82) is 0 Å². The minimum Gasteiger partial charge on any atom is -0.281 e. The summed E-state index contributed by atoms with van der Waals surface area (Å²) in [5.74, 6) is 0. The fourth-order valence-corrected chi connectivity index (χ4v) is 0.982. The van der Waals surface area contributed by atoms with E-state index >= 15 is 0 Å². The molecule has 0 radical (unpaired) electrons. The number of hydrogen-bond donors (Lipinski definition) is 0. The second kappa shape index (κ2) is 7.81. The monoisotopic (exact) mass is 198 g/mol. The first kappa shape index (κ1) is 12.2. The normalized spacial score (nSPS) is 8.54. The standard InChI is InChI=1S/C9H9ClO.C2H6/c10-9(11)7-6-8-4-2-1-3-5-8;1-2/h1-5H,6-7H2;1-2H3. The fraction of sp³-hybridized carbons (Fsp3) is 0.364. The highest BCUT2D eigenvalue weighted by atomic mass is 35.5. The molecule has 0 aliphatic heterocycles. The van der Waals surface area contributed by atoms with Crippen LogP contribution in [0.1, 0.15) is 25.8 Å². The Labute approximate surface area is 84.7 Å². The summed E-state index contributed by atoms with van der Waals surface area (Å²) in [5, 5.41) is -0.270. The predicted molar refractivity (Wildman–Crippen MR) is 57.0 cm³/mol. The van der Waals surface area contributed by atoms with Gasteiger partial charge in [-0.2, -0.15) is 0 Å². The van der Waals surface area contributed by atoms with Gasteiger partial charge in [-0.05, 0) is 23.6 Å². The first-order valence-corrected chi connectivity index (χ1v) is 4.89. The highest BCUT2D eigenvalue weighted by molar-refractivity contribution is 6.63. The van der Waals surface area contributed by atoms with Crippen molar-refractivity contribution in [2.24, 2.45) is 0 Å². The quantitative estimate of drug-likeness (QED) is 0.681. The Hall–Kier alpha value is -0.820. The molecule has 1 aromatic carbocycles. The van der Waals surface area contributed by atoms with Crippen molar-refractivity contribution in [1.82, 2.24) is 0 Å². The lowest BCUT2D eigenvalue weighted by Gasteiger charge is -1.95. The van der Waals surface area contributed by atoms with Crippen molar-refractivity contribution in [2.75, 3.05) is 0 Å². The van der Waals surface area contributed by atoms with Crippen LogP contribution in [0.15, 0.2) is 30.3 Å². The summed E-state index contributed by atoms with van der Waals surface area (Å²) in [4.78, 5) is 10.4. The molecule has 0 aliphatic rings. The molecule has 0 N–H and O–H groups in total. The highest BCUT2D eigenvalue weighted by Crippen LogP contribution is 2.03. The summed E-state index contributed by atoms with van der Waals surface area (Å²) in [6.07, 6.45) is 1.16. The SMILES string of the molecule is CC.O=C(Cl)CCc1ccccc1. The van der Waals surface area contributed by atoms with Crippen LogP contribution < -0.4 is 0 Å². The lowest BCUT2D eigenvalue weighted by atomic mass is 10.1. The van der Waals surface area contributed by atoms with Gasteiger partial charge in [-0.25, -0.2) is 0 Å². The number of carbonyl (C=O) groups excluding carboxylic acids is 1. The van der Waals surface area contributed by atoms with Crippen molar-refractivity contribution < 1.29 is 4.79 Å². The zero-order valence-corrected chi connectivity index (χ0v) is 8.84. The van der Waals surface area contributed by atoms with Gasteiger partial charge in [0.15, 0.2) is 0 Å². The zero-order valence-electron chi connectivity index (χ0n) is 8.09. The molecule has 1 aromatic rings. The number of carbonyl (C=O) groups is 1. The van der Waals surface area contributed by atoms with E-state index in [1.54, 1.807) is 0 Å². The topological polar surface area (TPSA) is 17.1 Å². The lowest BCUT2D eigenvalue weighted by molar-refractivity contribution is -0.111. The van der Waals surface area contributed by atoms with Gasteiger partial charge in [0.25, 0.3) is 0 Å². The highest BCUT2D eigenvalue weighted by Gasteiger charge is 1.96.